The lowest BCUT2D eigenvalue weighted by molar-refractivity contribution is -0.132. The fraction of sp³-hybridized carbons (Fsp3) is 0.200. The molecule has 1 amide bonds. The minimum absolute atomic E-state index is 0.118. The van der Waals surface area contributed by atoms with Gasteiger partial charge in [0.15, 0.2) is 5.13 Å². The van der Waals surface area contributed by atoms with Gasteiger partial charge < -0.3 is 14.6 Å². The summed E-state index contributed by atoms with van der Waals surface area (Å²) in [7, 11) is 2.71. The Labute approximate surface area is 210 Å². The number of hydrogen-bond donors (Lipinski definition) is 1. The molecule has 0 unspecified atom stereocenters. The van der Waals surface area contributed by atoms with Gasteiger partial charge in [-0.1, -0.05) is 52.8 Å². The molecule has 10 heteroatoms. The number of methoxy groups -OCH3 is 2. The number of anilines is 1. The van der Waals surface area contributed by atoms with Crippen LogP contribution >= 0.6 is 22.9 Å². The number of thiazole rings is 1. The van der Waals surface area contributed by atoms with Gasteiger partial charge in [0.1, 0.15) is 16.4 Å². The van der Waals surface area contributed by atoms with Crippen LogP contribution in [0.15, 0.2) is 48.0 Å². The maximum Gasteiger partial charge on any atom is 0.350 e. The lowest BCUT2D eigenvalue weighted by Gasteiger charge is -2.23. The number of carbonyl (C=O) groups is 3. The van der Waals surface area contributed by atoms with E-state index in [1.54, 1.807) is 31.2 Å². The molecule has 35 heavy (non-hydrogen) atoms. The third-order valence-electron chi connectivity index (χ3n) is 5.62. The molecule has 0 radical (unpaired) electrons. The van der Waals surface area contributed by atoms with Crippen molar-refractivity contribution >= 4 is 51.5 Å². The van der Waals surface area contributed by atoms with Crippen LogP contribution in [0, 0.1) is 13.8 Å². The Morgan fingerprint density at radius 1 is 1.11 bits per heavy atom. The molecule has 3 aromatic rings. The fourth-order valence-electron chi connectivity index (χ4n) is 3.83. The number of ether oxygens (including phenoxy) is 2. The second-order valence-electron chi connectivity index (χ2n) is 7.83. The number of amides is 1. The topological polar surface area (TPSA) is 106 Å². The zero-order valence-corrected chi connectivity index (χ0v) is 20.9. The summed E-state index contributed by atoms with van der Waals surface area (Å²) in [6.07, 6.45) is 0. The number of Topliss-reactive ketones (excluding diaryl/α,β-unsaturated/α-hetero) is 1. The van der Waals surface area contributed by atoms with Gasteiger partial charge >= 0.3 is 11.9 Å². The van der Waals surface area contributed by atoms with Crippen molar-refractivity contribution in [2.75, 3.05) is 19.1 Å². The van der Waals surface area contributed by atoms with Gasteiger partial charge in [-0.25, -0.2) is 9.78 Å². The summed E-state index contributed by atoms with van der Waals surface area (Å²) in [5, 5.41) is 11.6. The lowest BCUT2D eigenvalue weighted by atomic mass is 9.95. The summed E-state index contributed by atoms with van der Waals surface area (Å²) >= 11 is 7.17. The van der Waals surface area contributed by atoms with Crippen molar-refractivity contribution in [3.8, 4) is 5.75 Å². The molecule has 180 valence electrons. The fourth-order valence-corrected chi connectivity index (χ4v) is 5.10. The normalized spacial score (nSPS) is 17.1. The number of aromatic nitrogens is 1. The van der Waals surface area contributed by atoms with E-state index in [4.69, 9.17) is 21.1 Å². The van der Waals surface area contributed by atoms with Gasteiger partial charge in [0, 0.05) is 5.56 Å². The molecular formula is C25H21ClN2O6S. The Balaban J connectivity index is 1.93. The highest BCUT2D eigenvalue weighted by atomic mass is 35.5. The first-order valence-corrected chi connectivity index (χ1v) is 11.6. The predicted octanol–water partition coefficient (Wildman–Crippen LogP) is 4.83. The minimum Gasteiger partial charge on any atom is -0.507 e. The SMILES string of the molecule is COC(=O)c1sc(N2C(=O)C(=O)/C(=C(/O)c3ccc(OC)c(Cl)c3)[C@H]2c2ccc(C)cc2)nc1C. The molecule has 4 rings (SSSR count). The average molecular weight is 513 g/mol. The van der Waals surface area contributed by atoms with Gasteiger partial charge in [-0.15, -0.1) is 0 Å². The third kappa shape index (κ3) is 4.28. The molecule has 2 aromatic carbocycles. The summed E-state index contributed by atoms with van der Waals surface area (Å²) in [5.74, 6) is -2.34. The van der Waals surface area contributed by atoms with Crippen molar-refractivity contribution in [2.24, 2.45) is 0 Å². The predicted molar refractivity (Wildman–Crippen MR) is 132 cm³/mol. The minimum atomic E-state index is -0.979. The van der Waals surface area contributed by atoms with Crippen molar-refractivity contribution in [2.45, 2.75) is 19.9 Å². The van der Waals surface area contributed by atoms with Crippen molar-refractivity contribution in [3.63, 3.8) is 0 Å². The molecule has 1 saturated heterocycles. The van der Waals surface area contributed by atoms with E-state index in [9.17, 15) is 19.5 Å². The summed E-state index contributed by atoms with van der Waals surface area (Å²) in [6.45, 7) is 3.52. The van der Waals surface area contributed by atoms with E-state index in [0.717, 1.165) is 16.9 Å². The van der Waals surface area contributed by atoms with Crippen LogP contribution in [-0.4, -0.2) is 42.0 Å². The van der Waals surface area contributed by atoms with Crippen LogP contribution in [0.4, 0.5) is 5.13 Å². The number of halogens is 1. The molecule has 1 atom stereocenters. The number of esters is 1. The summed E-state index contributed by atoms with van der Waals surface area (Å²) in [5.41, 5.74) is 2.06. The summed E-state index contributed by atoms with van der Waals surface area (Å²) in [4.78, 5) is 44.5. The quantitative estimate of drug-likeness (QED) is 0.226. The second-order valence-corrected chi connectivity index (χ2v) is 9.22. The molecular weight excluding hydrogens is 492 g/mol. The Morgan fingerprint density at radius 2 is 1.80 bits per heavy atom. The van der Waals surface area contributed by atoms with E-state index >= 15 is 0 Å². The molecule has 0 aliphatic carbocycles. The number of aryl methyl sites for hydroxylation is 2. The van der Waals surface area contributed by atoms with Gasteiger partial charge in [0.25, 0.3) is 5.78 Å². The maximum absolute atomic E-state index is 13.3. The van der Waals surface area contributed by atoms with Crippen LogP contribution in [-0.2, 0) is 14.3 Å². The largest absolute Gasteiger partial charge is 0.507 e. The van der Waals surface area contributed by atoms with Crippen LogP contribution < -0.4 is 9.64 Å². The maximum atomic E-state index is 13.3. The number of nitrogens with zero attached hydrogens (tertiary/aromatic N) is 2. The highest BCUT2D eigenvalue weighted by Gasteiger charge is 2.48. The van der Waals surface area contributed by atoms with Crippen molar-refractivity contribution < 1.29 is 29.0 Å². The van der Waals surface area contributed by atoms with Gasteiger partial charge in [-0.3, -0.25) is 14.5 Å². The van der Waals surface area contributed by atoms with Crippen LogP contribution in [0.1, 0.15) is 38.1 Å². The molecule has 2 heterocycles. The third-order valence-corrected chi connectivity index (χ3v) is 7.06. The highest BCUT2D eigenvalue weighted by Crippen LogP contribution is 2.44. The first-order chi connectivity index (χ1) is 16.7. The Kier molecular flexibility index (Phi) is 6.64. The summed E-state index contributed by atoms with van der Waals surface area (Å²) < 4.78 is 9.96. The number of carbonyl (C=O) groups excluding carboxylic acids is 3. The molecule has 1 fully saturated rings. The average Bonchev–Trinajstić information content (AvgIpc) is 3.35. The molecule has 0 spiro atoms. The van der Waals surface area contributed by atoms with E-state index in [2.05, 4.69) is 4.98 Å². The molecule has 0 bridgehead atoms. The van der Waals surface area contributed by atoms with Gasteiger partial charge in [-0.05, 0) is 37.6 Å². The van der Waals surface area contributed by atoms with Crippen LogP contribution in [0.2, 0.25) is 5.02 Å². The number of ketones is 1. The number of benzene rings is 2. The molecule has 1 aliphatic heterocycles. The van der Waals surface area contributed by atoms with Crippen LogP contribution in [0.3, 0.4) is 0 Å². The summed E-state index contributed by atoms with van der Waals surface area (Å²) in [6, 6.07) is 10.8. The monoisotopic (exact) mass is 512 g/mol. The van der Waals surface area contributed by atoms with E-state index < -0.39 is 23.7 Å². The highest BCUT2D eigenvalue weighted by molar-refractivity contribution is 7.17. The first-order valence-electron chi connectivity index (χ1n) is 10.4. The van der Waals surface area contributed by atoms with Gasteiger partial charge in [-0.2, -0.15) is 0 Å². The van der Waals surface area contributed by atoms with Crippen molar-refractivity contribution in [3.05, 3.63) is 80.3 Å². The lowest BCUT2D eigenvalue weighted by Crippen LogP contribution is -2.29. The number of rotatable bonds is 5. The number of aliphatic hydroxyl groups is 1. The van der Waals surface area contributed by atoms with Gasteiger partial charge in [0.2, 0.25) is 0 Å². The number of hydrogen-bond acceptors (Lipinski definition) is 8. The van der Waals surface area contributed by atoms with Crippen LogP contribution in [0.5, 0.6) is 5.75 Å². The zero-order chi connectivity index (χ0) is 25.4. The van der Waals surface area contributed by atoms with Crippen molar-refractivity contribution in [1.82, 2.24) is 4.98 Å². The smallest absolute Gasteiger partial charge is 0.350 e. The molecule has 0 saturated carbocycles. The Hall–Kier alpha value is -3.69. The van der Waals surface area contributed by atoms with Gasteiger partial charge in [0.05, 0.1) is 36.6 Å². The molecule has 1 aromatic heterocycles. The van der Waals surface area contributed by atoms with Crippen LogP contribution in [0.25, 0.3) is 5.76 Å². The molecule has 8 nitrogen and oxygen atoms in total. The van der Waals surface area contributed by atoms with Crippen molar-refractivity contribution in [1.29, 1.82) is 0 Å². The molecule has 1 aliphatic rings. The second kappa shape index (κ2) is 9.52. The van der Waals surface area contributed by atoms with E-state index in [-0.39, 0.29) is 31.9 Å². The number of aliphatic hydroxyl groups excluding tert-OH is 1. The molecule has 1 N–H and O–H groups in total. The Morgan fingerprint density at radius 3 is 2.40 bits per heavy atom. The Bertz CT molecular complexity index is 1380. The van der Waals surface area contributed by atoms with E-state index in [1.807, 2.05) is 19.1 Å². The van der Waals surface area contributed by atoms with E-state index in [1.165, 1.54) is 25.2 Å². The first kappa shape index (κ1) is 24.4. The standard InChI is InChI=1S/C25H21ClN2O6S/c1-12-5-7-14(8-6-12)19-18(20(29)15-9-10-17(33-3)16(26)11-15)21(30)23(31)28(19)25-27-13(2)22(35-25)24(32)34-4/h5-11,19,29H,1-4H3/b20-18+/t19-/m1/s1. The van der Waals surface area contributed by atoms with E-state index in [0.29, 0.717) is 17.0 Å². The zero-order valence-electron chi connectivity index (χ0n) is 19.3.